The van der Waals surface area contributed by atoms with E-state index in [0.29, 0.717) is 6.61 Å². The first-order valence-corrected chi connectivity index (χ1v) is 8.35. The van der Waals surface area contributed by atoms with Crippen molar-refractivity contribution < 1.29 is 9.53 Å². The molecule has 2 atom stereocenters. The predicted molar refractivity (Wildman–Crippen MR) is 83.0 cm³/mol. The second kappa shape index (κ2) is 6.99. The van der Waals surface area contributed by atoms with Crippen molar-refractivity contribution in [2.24, 2.45) is 0 Å². The molecule has 5 heteroatoms. The Hall–Kier alpha value is -1.20. The van der Waals surface area contributed by atoms with Crippen LogP contribution in [0.4, 0.5) is 0 Å². The summed E-state index contributed by atoms with van der Waals surface area (Å²) >= 11 is 1.76. The van der Waals surface area contributed by atoms with E-state index in [4.69, 9.17) is 4.74 Å². The van der Waals surface area contributed by atoms with Crippen LogP contribution in [0.25, 0.3) is 0 Å². The van der Waals surface area contributed by atoms with Gasteiger partial charge in [-0.1, -0.05) is 12.1 Å². The molecule has 4 nitrogen and oxygen atoms in total. The smallest absolute Gasteiger partial charge is 0.241 e. The predicted octanol–water partition coefficient (Wildman–Crippen LogP) is 2.27. The summed E-state index contributed by atoms with van der Waals surface area (Å²) in [6.45, 7) is 5.32. The van der Waals surface area contributed by atoms with Crippen molar-refractivity contribution in [3.05, 3.63) is 29.8 Å². The number of benzene rings is 1. The molecule has 1 amide bonds. The molecular weight excluding hydrogens is 272 g/mol. The van der Waals surface area contributed by atoms with Crippen LogP contribution in [0.15, 0.2) is 24.3 Å². The van der Waals surface area contributed by atoms with E-state index in [1.165, 1.54) is 0 Å². The number of carbonyl (C=O) groups is 1. The summed E-state index contributed by atoms with van der Waals surface area (Å²) in [5.41, 5.74) is 1.10. The highest BCUT2D eigenvalue weighted by Gasteiger charge is 2.36. The molecule has 1 N–H and O–H groups in total. The van der Waals surface area contributed by atoms with Crippen molar-refractivity contribution in [3.63, 3.8) is 0 Å². The van der Waals surface area contributed by atoms with Crippen LogP contribution in [0.3, 0.4) is 0 Å². The Morgan fingerprint density at radius 3 is 2.65 bits per heavy atom. The SMILES string of the molecule is CCOc1ccc(C2NC(C)C(=O)N2CCSC)cc1. The van der Waals surface area contributed by atoms with Crippen LogP contribution in [0.2, 0.25) is 0 Å². The van der Waals surface area contributed by atoms with E-state index in [9.17, 15) is 4.79 Å². The Balaban J connectivity index is 2.14. The average Bonchev–Trinajstić information content (AvgIpc) is 2.74. The van der Waals surface area contributed by atoms with Crippen LogP contribution in [0.1, 0.15) is 25.6 Å². The normalized spacial score (nSPS) is 22.4. The van der Waals surface area contributed by atoms with Crippen LogP contribution in [0.5, 0.6) is 5.75 Å². The number of ether oxygens (including phenoxy) is 1. The second-order valence-electron chi connectivity index (χ2n) is 4.82. The lowest BCUT2D eigenvalue weighted by Gasteiger charge is -2.24. The van der Waals surface area contributed by atoms with E-state index >= 15 is 0 Å². The van der Waals surface area contributed by atoms with Gasteiger partial charge in [-0.3, -0.25) is 10.1 Å². The van der Waals surface area contributed by atoms with Crippen molar-refractivity contribution in [3.8, 4) is 5.75 Å². The van der Waals surface area contributed by atoms with Gasteiger partial charge in [-0.2, -0.15) is 11.8 Å². The zero-order chi connectivity index (χ0) is 14.5. The molecule has 1 fully saturated rings. The number of hydrogen-bond donors (Lipinski definition) is 1. The molecule has 1 heterocycles. The lowest BCUT2D eigenvalue weighted by molar-refractivity contribution is -0.129. The molecule has 0 aromatic heterocycles. The lowest BCUT2D eigenvalue weighted by atomic mass is 10.1. The number of amides is 1. The summed E-state index contributed by atoms with van der Waals surface area (Å²) in [6, 6.07) is 7.86. The van der Waals surface area contributed by atoms with Crippen LogP contribution in [0, 0.1) is 0 Å². The topological polar surface area (TPSA) is 41.6 Å². The van der Waals surface area contributed by atoms with E-state index < -0.39 is 0 Å². The monoisotopic (exact) mass is 294 g/mol. The maximum atomic E-state index is 12.2. The number of hydrogen-bond acceptors (Lipinski definition) is 4. The molecule has 1 saturated heterocycles. The molecule has 0 radical (unpaired) electrons. The van der Waals surface area contributed by atoms with Crippen molar-refractivity contribution in [2.45, 2.75) is 26.1 Å². The molecule has 20 heavy (non-hydrogen) atoms. The number of carbonyl (C=O) groups excluding carboxylic acids is 1. The Morgan fingerprint density at radius 1 is 1.35 bits per heavy atom. The maximum absolute atomic E-state index is 12.2. The number of nitrogens with zero attached hydrogens (tertiary/aromatic N) is 1. The third-order valence-corrected chi connectivity index (χ3v) is 4.01. The molecule has 0 saturated carbocycles. The summed E-state index contributed by atoms with van der Waals surface area (Å²) in [5, 5.41) is 3.36. The van der Waals surface area contributed by atoms with Gasteiger partial charge in [0.25, 0.3) is 0 Å². The molecule has 1 aromatic carbocycles. The summed E-state index contributed by atoms with van der Waals surface area (Å²) in [5.74, 6) is 2.00. The third-order valence-electron chi connectivity index (χ3n) is 3.42. The standard InChI is InChI=1S/C15H22N2O2S/c1-4-19-13-7-5-12(6-8-13)14-16-11(2)15(18)17(14)9-10-20-3/h5-8,11,14,16H,4,9-10H2,1-3H3. The highest BCUT2D eigenvalue weighted by molar-refractivity contribution is 7.98. The van der Waals surface area contributed by atoms with Gasteiger partial charge in [0.05, 0.1) is 12.6 Å². The minimum Gasteiger partial charge on any atom is -0.494 e. The summed E-state index contributed by atoms with van der Waals surface area (Å²) in [4.78, 5) is 14.1. The molecule has 0 aliphatic carbocycles. The second-order valence-corrected chi connectivity index (χ2v) is 5.80. The molecule has 0 spiro atoms. The van der Waals surface area contributed by atoms with Gasteiger partial charge in [-0.15, -0.1) is 0 Å². The fraction of sp³-hybridized carbons (Fsp3) is 0.533. The summed E-state index contributed by atoms with van der Waals surface area (Å²) in [7, 11) is 0. The largest absolute Gasteiger partial charge is 0.494 e. The fourth-order valence-corrected chi connectivity index (χ4v) is 2.77. The van der Waals surface area contributed by atoms with Gasteiger partial charge in [0.1, 0.15) is 11.9 Å². The summed E-state index contributed by atoms with van der Waals surface area (Å²) in [6.07, 6.45) is 2.03. The van der Waals surface area contributed by atoms with Gasteiger partial charge in [0.2, 0.25) is 5.91 Å². The van der Waals surface area contributed by atoms with Crippen molar-refractivity contribution in [1.82, 2.24) is 10.2 Å². The maximum Gasteiger partial charge on any atom is 0.241 e. The van der Waals surface area contributed by atoms with Crippen LogP contribution < -0.4 is 10.1 Å². The minimum atomic E-state index is -0.117. The molecule has 2 rings (SSSR count). The highest BCUT2D eigenvalue weighted by atomic mass is 32.2. The quantitative estimate of drug-likeness (QED) is 0.874. The van der Waals surface area contributed by atoms with Crippen molar-refractivity contribution in [1.29, 1.82) is 0 Å². The first kappa shape index (κ1) is 15.2. The van der Waals surface area contributed by atoms with E-state index in [0.717, 1.165) is 23.6 Å². The van der Waals surface area contributed by atoms with E-state index in [2.05, 4.69) is 11.6 Å². The first-order chi connectivity index (χ1) is 9.67. The molecule has 0 bridgehead atoms. The van der Waals surface area contributed by atoms with E-state index in [-0.39, 0.29) is 18.1 Å². The van der Waals surface area contributed by atoms with Crippen molar-refractivity contribution in [2.75, 3.05) is 25.2 Å². The van der Waals surface area contributed by atoms with Crippen LogP contribution in [-0.2, 0) is 4.79 Å². The molecule has 110 valence electrons. The fourth-order valence-electron chi connectivity index (χ4n) is 2.39. The van der Waals surface area contributed by atoms with Gasteiger partial charge >= 0.3 is 0 Å². The van der Waals surface area contributed by atoms with Gasteiger partial charge in [-0.05, 0) is 37.8 Å². The highest BCUT2D eigenvalue weighted by Crippen LogP contribution is 2.26. The first-order valence-electron chi connectivity index (χ1n) is 6.95. The molecule has 1 aliphatic rings. The lowest BCUT2D eigenvalue weighted by Crippen LogP contribution is -2.32. The zero-order valence-corrected chi connectivity index (χ0v) is 13.1. The molecule has 1 aromatic rings. The average molecular weight is 294 g/mol. The van der Waals surface area contributed by atoms with E-state index in [1.54, 1.807) is 11.8 Å². The minimum absolute atomic E-state index is 0.0275. The van der Waals surface area contributed by atoms with Crippen molar-refractivity contribution >= 4 is 17.7 Å². The van der Waals surface area contributed by atoms with Crippen LogP contribution >= 0.6 is 11.8 Å². The van der Waals surface area contributed by atoms with Crippen LogP contribution in [-0.4, -0.2) is 42.0 Å². The number of nitrogens with one attached hydrogen (secondary N) is 1. The van der Waals surface area contributed by atoms with E-state index in [1.807, 2.05) is 43.0 Å². The molecular formula is C15H22N2O2S. The summed E-state index contributed by atoms with van der Waals surface area (Å²) < 4.78 is 5.45. The number of thioether (sulfide) groups is 1. The number of rotatable bonds is 6. The van der Waals surface area contributed by atoms with Gasteiger partial charge < -0.3 is 9.64 Å². The van der Waals surface area contributed by atoms with Gasteiger partial charge in [-0.25, -0.2) is 0 Å². The Kier molecular flexibility index (Phi) is 5.31. The van der Waals surface area contributed by atoms with Gasteiger partial charge in [0, 0.05) is 12.3 Å². The molecule has 1 aliphatic heterocycles. The zero-order valence-electron chi connectivity index (χ0n) is 12.3. The Bertz CT molecular complexity index is 450. The Labute approximate surface area is 124 Å². The van der Waals surface area contributed by atoms with Gasteiger partial charge in [0.15, 0.2) is 0 Å². The molecule has 2 unspecified atom stereocenters. The Morgan fingerprint density at radius 2 is 2.05 bits per heavy atom. The third kappa shape index (κ3) is 3.27.